The summed E-state index contributed by atoms with van der Waals surface area (Å²) in [5, 5.41) is 5.35. The van der Waals surface area contributed by atoms with E-state index in [1.54, 1.807) is 31.2 Å². The van der Waals surface area contributed by atoms with E-state index in [-0.39, 0.29) is 22.0 Å². The van der Waals surface area contributed by atoms with Crippen molar-refractivity contribution in [3.8, 4) is 0 Å². The van der Waals surface area contributed by atoms with E-state index in [0.717, 1.165) is 32.9 Å². The third-order valence-corrected chi connectivity index (χ3v) is 7.99. The molecular weight excluding hydrogens is 495 g/mol. The Balaban J connectivity index is 1.51. The molecule has 0 saturated heterocycles. The predicted octanol–water partition coefficient (Wildman–Crippen LogP) is 3.87. The Morgan fingerprint density at radius 1 is 1.09 bits per heavy atom. The van der Waals surface area contributed by atoms with Crippen LogP contribution in [0.5, 0.6) is 0 Å². The highest BCUT2D eigenvalue weighted by Crippen LogP contribution is 2.30. The molecular formula is C23H21FN4O5S2. The number of benzene rings is 2. The van der Waals surface area contributed by atoms with E-state index >= 15 is 0 Å². The van der Waals surface area contributed by atoms with Gasteiger partial charge in [0.2, 0.25) is 5.91 Å². The van der Waals surface area contributed by atoms with Crippen LogP contribution in [0.25, 0.3) is 0 Å². The number of nitrogens with one attached hydrogen (secondary N) is 3. The van der Waals surface area contributed by atoms with Crippen molar-refractivity contribution in [3.05, 3.63) is 70.4 Å². The van der Waals surface area contributed by atoms with E-state index in [2.05, 4.69) is 10.6 Å². The third kappa shape index (κ3) is 5.03. The summed E-state index contributed by atoms with van der Waals surface area (Å²) in [5.41, 5.74) is 1.29. The smallest absolute Gasteiger partial charge is 0.333 e. The van der Waals surface area contributed by atoms with Gasteiger partial charge < -0.3 is 10.6 Å². The number of carbonyl (C=O) groups excluding carboxylic acids is 3. The van der Waals surface area contributed by atoms with Crippen LogP contribution in [0.15, 0.2) is 52.7 Å². The van der Waals surface area contributed by atoms with Gasteiger partial charge in [-0.3, -0.25) is 9.59 Å². The number of sulfonamides is 1. The van der Waals surface area contributed by atoms with E-state index < -0.39 is 33.7 Å². The molecule has 3 N–H and O–H groups in total. The summed E-state index contributed by atoms with van der Waals surface area (Å²) in [6, 6.07) is 10.3. The Bertz CT molecular complexity index is 1450. The normalized spacial score (nSPS) is 13.4. The van der Waals surface area contributed by atoms with E-state index in [4.69, 9.17) is 0 Å². The van der Waals surface area contributed by atoms with Gasteiger partial charge in [0.05, 0.1) is 12.1 Å². The summed E-state index contributed by atoms with van der Waals surface area (Å²) >= 11 is 0.998. The molecule has 9 nitrogen and oxygen atoms in total. The minimum atomic E-state index is -4.08. The quantitative estimate of drug-likeness (QED) is 0.427. The lowest BCUT2D eigenvalue weighted by atomic mass is 9.97. The van der Waals surface area contributed by atoms with Gasteiger partial charge in [0, 0.05) is 28.4 Å². The average molecular weight is 517 g/mol. The van der Waals surface area contributed by atoms with Crippen molar-refractivity contribution in [1.29, 1.82) is 0 Å². The van der Waals surface area contributed by atoms with Crippen molar-refractivity contribution in [2.75, 3.05) is 22.1 Å². The summed E-state index contributed by atoms with van der Waals surface area (Å²) < 4.78 is 41.3. The zero-order valence-corrected chi connectivity index (χ0v) is 20.3. The molecule has 0 aliphatic carbocycles. The maximum Gasteiger partial charge on any atom is 0.333 e. The molecule has 0 bridgehead atoms. The Hall–Kier alpha value is -3.77. The number of carbonyl (C=O) groups is 3. The fraction of sp³-hybridized carbons (Fsp3) is 0.174. The second-order valence-corrected chi connectivity index (χ2v) is 10.9. The maximum atomic E-state index is 14.9. The zero-order chi connectivity index (χ0) is 25.3. The van der Waals surface area contributed by atoms with Gasteiger partial charge in [-0.25, -0.2) is 27.2 Å². The number of anilines is 3. The summed E-state index contributed by atoms with van der Waals surface area (Å²) in [4.78, 5) is 39.4. The van der Waals surface area contributed by atoms with Crippen LogP contribution in [0.2, 0.25) is 0 Å². The number of halogens is 1. The number of urea groups is 1. The monoisotopic (exact) mass is 516 g/mol. The molecule has 1 aliphatic heterocycles. The second kappa shape index (κ2) is 9.47. The predicted molar refractivity (Wildman–Crippen MR) is 131 cm³/mol. The Morgan fingerprint density at radius 2 is 1.83 bits per heavy atom. The number of imide groups is 1. The van der Waals surface area contributed by atoms with Crippen LogP contribution < -0.4 is 20.3 Å². The molecule has 0 fully saturated rings. The first kappa shape index (κ1) is 24.4. The molecule has 0 spiro atoms. The van der Waals surface area contributed by atoms with Gasteiger partial charge in [0.25, 0.3) is 15.9 Å². The number of aryl methyl sites for hydroxylation is 1. The average Bonchev–Trinajstić information content (AvgIpc) is 3.22. The Labute approximate surface area is 205 Å². The number of amides is 4. The SMILES string of the molecule is CCNc1ccc2c(c1)CC(=O)N(c1ccc(NC(=O)NS(=O)(=O)c3ccc(C)s3)cc1F)C2=O. The highest BCUT2D eigenvalue weighted by molar-refractivity contribution is 7.92. The standard InChI is InChI=1S/C23H21FN4O5S2/c1-3-25-15-5-7-17-14(10-15)11-20(29)28(22(17)30)19-8-6-16(12-18(19)24)26-23(31)27-35(32,33)21-9-4-13(2)34-21/h4-10,12,25H,3,11H2,1-2H3,(H2,26,27,31). The minimum Gasteiger partial charge on any atom is -0.385 e. The molecule has 0 saturated carbocycles. The van der Waals surface area contributed by atoms with Crippen LogP contribution in [-0.2, 0) is 21.2 Å². The molecule has 12 heteroatoms. The Kier molecular flexibility index (Phi) is 6.59. The number of nitrogens with zero attached hydrogens (tertiary/aromatic N) is 1. The van der Waals surface area contributed by atoms with E-state index in [1.807, 2.05) is 11.6 Å². The van der Waals surface area contributed by atoms with Crippen molar-refractivity contribution in [2.45, 2.75) is 24.5 Å². The van der Waals surface area contributed by atoms with Crippen LogP contribution in [0.4, 0.5) is 26.2 Å². The van der Waals surface area contributed by atoms with Crippen molar-refractivity contribution < 1.29 is 27.2 Å². The van der Waals surface area contributed by atoms with Crippen LogP contribution in [0, 0.1) is 12.7 Å². The van der Waals surface area contributed by atoms with Crippen LogP contribution >= 0.6 is 11.3 Å². The second-order valence-electron chi connectivity index (χ2n) is 7.70. The molecule has 182 valence electrons. The van der Waals surface area contributed by atoms with Gasteiger partial charge in [-0.1, -0.05) is 0 Å². The highest BCUT2D eigenvalue weighted by Gasteiger charge is 2.34. The minimum absolute atomic E-state index is 0.0355. The van der Waals surface area contributed by atoms with Crippen molar-refractivity contribution in [1.82, 2.24) is 4.72 Å². The molecule has 35 heavy (non-hydrogen) atoms. The Morgan fingerprint density at radius 3 is 2.49 bits per heavy atom. The fourth-order valence-electron chi connectivity index (χ4n) is 3.63. The van der Waals surface area contributed by atoms with E-state index in [9.17, 15) is 27.2 Å². The molecule has 4 rings (SSSR count). The van der Waals surface area contributed by atoms with Gasteiger partial charge in [-0.2, -0.15) is 0 Å². The fourth-order valence-corrected chi connectivity index (χ4v) is 5.82. The van der Waals surface area contributed by atoms with E-state index in [0.29, 0.717) is 17.7 Å². The van der Waals surface area contributed by atoms with Gasteiger partial charge in [0.15, 0.2) is 0 Å². The first-order chi connectivity index (χ1) is 16.6. The first-order valence-electron chi connectivity index (χ1n) is 10.5. The summed E-state index contributed by atoms with van der Waals surface area (Å²) in [6.45, 7) is 4.33. The molecule has 4 amide bonds. The van der Waals surface area contributed by atoms with E-state index in [1.165, 1.54) is 18.2 Å². The number of thiophene rings is 1. The molecule has 2 heterocycles. The first-order valence-corrected chi connectivity index (χ1v) is 12.8. The zero-order valence-electron chi connectivity index (χ0n) is 18.7. The van der Waals surface area contributed by atoms with Gasteiger partial charge >= 0.3 is 6.03 Å². The summed E-state index contributed by atoms with van der Waals surface area (Å²) in [7, 11) is -4.08. The van der Waals surface area contributed by atoms with Crippen LogP contribution in [0.1, 0.15) is 27.7 Å². The summed E-state index contributed by atoms with van der Waals surface area (Å²) in [6.07, 6.45) is -0.0811. The van der Waals surface area contributed by atoms with Crippen molar-refractivity contribution in [3.63, 3.8) is 0 Å². The largest absolute Gasteiger partial charge is 0.385 e. The third-order valence-electron chi connectivity index (χ3n) is 5.16. The van der Waals surface area contributed by atoms with Crippen molar-refractivity contribution >= 4 is 56.3 Å². The summed E-state index contributed by atoms with van der Waals surface area (Å²) in [5.74, 6) is -2.19. The van der Waals surface area contributed by atoms with Gasteiger partial charge in [0.1, 0.15) is 10.0 Å². The molecule has 3 aromatic rings. The number of rotatable bonds is 6. The molecule has 0 unspecified atom stereocenters. The van der Waals surface area contributed by atoms with Gasteiger partial charge in [-0.05, 0) is 67.9 Å². The lowest BCUT2D eigenvalue weighted by molar-refractivity contribution is -0.117. The molecule has 2 aromatic carbocycles. The number of hydrogen-bond acceptors (Lipinski definition) is 7. The topological polar surface area (TPSA) is 125 Å². The number of fused-ring (bicyclic) bond motifs is 1. The lowest BCUT2D eigenvalue weighted by Gasteiger charge is -2.27. The highest BCUT2D eigenvalue weighted by atomic mass is 32.2. The molecule has 1 aliphatic rings. The molecule has 0 atom stereocenters. The van der Waals surface area contributed by atoms with Gasteiger partial charge in [-0.15, -0.1) is 11.3 Å². The molecule has 1 aromatic heterocycles. The molecule has 0 radical (unpaired) electrons. The van der Waals surface area contributed by atoms with Crippen molar-refractivity contribution in [2.24, 2.45) is 0 Å². The maximum absolute atomic E-state index is 14.9. The van der Waals surface area contributed by atoms with Crippen LogP contribution in [0.3, 0.4) is 0 Å². The lowest BCUT2D eigenvalue weighted by Crippen LogP contribution is -2.43. The van der Waals surface area contributed by atoms with Crippen LogP contribution in [-0.4, -0.2) is 32.8 Å². The number of hydrogen-bond donors (Lipinski definition) is 3.